The van der Waals surface area contributed by atoms with Crippen molar-refractivity contribution in [2.24, 2.45) is 16.3 Å². The Balaban J connectivity index is 1.52. The topological polar surface area (TPSA) is 40.1 Å². The van der Waals surface area contributed by atoms with Gasteiger partial charge in [0.1, 0.15) is 0 Å². The third-order valence-corrected chi connectivity index (χ3v) is 7.09. The maximum Gasteiger partial charge on any atom is 0.193 e. The van der Waals surface area contributed by atoms with E-state index in [0.29, 0.717) is 6.04 Å². The van der Waals surface area contributed by atoms with Gasteiger partial charge in [-0.25, -0.2) is 0 Å². The van der Waals surface area contributed by atoms with Crippen molar-refractivity contribution in [1.82, 2.24) is 15.1 Å². The van der Waals surface area contributed by atoms with Crippen LogP contribution in [0.4, 0.5) is 0 Å². The third-order valence-electron chi connectivity index (χ3n) is 7.09. The molecule has 0 aromatic carbocycles. The van der Waals surface area contributed by atoms with Gasteiger partial charge in [-0.3, -0.25) is 4.99 Å². The first kappa shape index (κ1) is 18.0. The highest BCUT2D eigenvalue weighted by Crippen LogP contribution is 2.51. The quantitative estimate of drug-likeness (QED) is 0.631. The highest BCUT2D eigenvalue weighted by atomic mass is 16.5. The standard InChI is InChI=1S/C19H36N4O/c1-18(2)16(12-19(18,3)24-5)21-17(20-4)23-11-8-15(14-23)13-22-9-6-7-10-22/h15-16H,6-14H2,1-5H3,(H,20,21). The summed E-state index contributed by atoms with van der Waals surface area (Å²) in [5, 5.41) is 3.72. The summed E-state index contributed by atoms with van der Waals surface area (Å²) in [6.07, 6.45) is 5.10. The van der Waals surface area contributed by atoms with E-state index in [9.17, 15) is 0 Å². The number of aliphatic imine (C=N–C) groups is 1. The van der Waals surface area contributed by atoms with Crippen molar-refractivity contribution in [2.75, 3.05) is 46.9 Å². The Morgan fingerprint density at radius 1 is 1.21 bits per heavy atom. The molecule has 2 heterocycles. The molecule has 5 heteroatoms. The molecule has 0 amide bonds. The Morgan fingerprint density at radius 2 is 1.92 bits per heavy atom. The highest BCUT2D eigenvalue weighted by molar-refractivity contribution is 5.80. The maximum absolute atomic E-state index is 5.75. The Morgan fingerprint density at radius 3 is 2.50 bits per heavy atom. The summed E-state index contributed by atoms with van der Waals surface area (Å²) in [6, 6.07) is 0.429. The third kappa shape index (κ3) is 3.17. The van der Waals surface area contributed by atoms with Crippen molar-refractivity contribution in [1.29, 1.82) is 0 Å². The smallest absolute Gasteiger partial charge is 0.193 e. The van der Waals surface area contributed by atoms with Crippen LogP contribution in [-0.2, 0) is 4.74 Å². The van der Waals surface area contributed by atoms with Crippen molar-refractivity contribution in [2.45, 2.75) is 58.1 Å². The Hall–Kier alpha value is -0.810. The molecule has 2 aliphatic heterocycles. The zero-order valence-corrected chi connectivity index (χ0v) is 16.3. The molecular formula is C19H36N4O. The molecule has 5 nitrogen and oxygen atoms in total. The van der Waals surface area contributed by atoms with E-state index in [2.05, 4.69) is 40.9 Å². The average molecular weight is 337 g/mol. The minimum atomic E-state index is -0.0349. The lowest BCUT2D eigenvalue weighted by atomic mass is 9.56. The predicted octanol–water partition coefficient (Wildman–Crippen LogP) is 2.18. The molecule has 0 aromatic rings. The van der Waals surface area contributed by atoms with Gasteiger partial charge in [0, 0.05) is 45.2 Å². The van der Waals surface area contributed by atoms with Gasteiger partial charge in [-0.2, -0.15) is 0 Å². The van der Waals surface area contributed by atoms with E-state index in [1.165, 1.54) is 38.9 Å². The largest absolute Gasteiger partial charge is 0.378 e. The molecule has 1 saturated carbocycles. The molecule has 1 N–H and O–H groups in total. The van der Waals surface area contributed by atoms with Crippen LogP contribution in [0.5, 0.6) is 0 Å². The van der Waals surface area contributed by atoms with E-state index in [1.54, 1.807) is 0 Å². The van der Waals surface area contributed by atoms with Gasteiger partial charge in [0.15, 0.2) is 5.96 Å². The van der Waals surface area contributed by atoms with Crippen LogP contribution in [0.3, 0.4) is 0 Å². The summed E-state index contributed by atoms with van der Waals surface area (Å²) in [4.78, 5) is 9.67. The van der Waals surface area contributed by atoms with Gasteiger partial charge in [0.25, 0.3) is 0 Å². The van der Waals surface area contributed by atoms with Crippen molar-refractivity contribution < 1.29 is 4.74 Å². The fourth-order valence-corrected chi connectivity index (χ4v) is 4.68. The van der Waals surface area contributed by atoms with Crippen molar-refractivity contribution in [3.05, 3.63) is 0 Å². The van der Waals surface area contributed by atoms with E-state index < -0.39 is 0 Å². The molecule has 0 bridgehead atoms. The van der Waals surface area contributed by atoms with Crippen molar-refractivity contribution >= 4 is 5.96 Å². The van der Waals surface area contributed by atoms with Gasteiger partial charge in [0.2, 0.25) is 0 Å². The van der Waals surface area contributed by atoms with Crippen LogP contribution >= 0.6 is 0 Å². The van der Waals surface area contributed by atoms with Gasteiger partial charge in [-0.1, -0.05) is 13.8 Å². The van der Waals surface area contributed by atoms with Crippen molar-refractivity contribution in [3.63, 3.8) is 0 Å². The molecule has 0 spiro atoms. The Labute approximate surface area is 147 Å². The lowest BCUT2D eigenvalue weighted by Crippen LogP contribution is -2.69. The van der Waals surface area contributed by atoms with Gasteiger partial charge >= 0.3 is 0 Å². The zero-order valence-electron chi connectivity index (χ0n) is 16.3. The number of nitrogens with one attached hydrogen (secondary N) is 1. The summed E-state index contributed by atoms with van der Waals surface area (Å²) in [7, 11) is 3.74. The number of guanidine groups is 1. The van der Waals surface area contributed by atoms with Crippen LogP contribution in [-0.4, -0.2) is 74.3 Å². The second-order valence-electron chi connectivity index (χ2n) is 8.71. The minimum absolute atomic E-state index is 0.0349. The minimum Gasteiger partial charge on any atom is -0.378 e. The SMILES string of the molecule is CN=C(NC1CC(C)(OC)C1(C)C)N1CCC(CN2CCCC2)C1. The number of rotatable bonds is 4. The van der Waals surface area contributed by atoms with Gasteiger partial charge < -0.3 is 19.9 Å². The number of hydrogen-bond acceptors (Lipinski definition) is 3. The van der Waals surface area contributed by atoms with Crippen LogP contribution in [0.1, 0.15) is 46.5 Å². The summed E-state index contributed by atoms with van der Waals surface area (Å²) >= 11 is 0. The van der Waals surface area contributed by atoms with Gasteiger partial charge in [-0.15, -0.1) is 0 Å². The summed E-state index contributed by atoms with van der Waals surface area (Å²) in [5.74, 6) is 1.87. The molecule has 3 atom stereocenters. The van der Waals surface area contributed by atoms with E-state index in [-0.39, 0.29) is 11.0 Å². The number of hydrogen-bond donors (Lipinski definition) is 1. The first-order chi connectivity index (χ1) is 11.4. The summed E-state index contributed by atoms with van der Waals surface area (Å²) < 4.78 is 5.75. The van der Waals surface area contributed by atoms with Gasteiger partial charge in [0.05, 0.1) is 5.60 Å². The van der Waals surface area contributed by atoms with Crippen molar-refractivity contribution in [3.8, 4) is 0 Å². The first-order valence-electron chi connectivity index (χ1n) is 9.65. The molecule has 0 aromatic heterocycles. The van der Waals surface area contributed by atoms with E-state index >= 15 is 0 Å². The van der Waals surface area contributed by atoms with Crippen LogP contribution in [0.25, 0.3) is 0 Å². The number of methoxy groups -OCH3 is 1. The number of likely N-dealkylation sites (tertiary alicyclic amines) is 2. The molecule has 24 heavy (non-hydrogen) atoms. The fraction of sp³-hybridized carbons (Fsp3) is 0.947. The Bertz CT molecular complexity index is 472. The zero-order chi connectivity index (χ0) is 17.4. The van der Waals surface area contributed by atoms with E-state index in [1.807, 2.05) is 14.2 Å². The summed E-state index contributed by atoms with van der Waals surface area (Å²) in [6.45, 7) is 13.0. The summed E-state index contributed by atoms with van der Waals surface area (Å²) in [5.41, 5.74) is 0.0825. The molecule has 3 fully saturated rings. The molecule has 2 saturated heterocycles. The average Bonchev–Trinajstić information content (AvgIpc) is 3.23. The molecule has 0 radical (unpaired) electrons. The lowest BCUT2D eigenvalue weighted by Gasteiger charge is -2.59. The second-order valence-corrected chi connectivity index (χ2v) is 8.71. The van der Waals surface area contributed by atoms with E-state index in [4.69, 9.17) is 4.74 Å². The van der Waals surface area contributed by atoms with Gasteiger partial charge in [-0.05, 0) is 51.6 Å². The van der Waals surface area contributed by atoms with E-state index in [0.717, 1.165) is 31.4 Å². The fourth-order valence-electron chi connectivity index (χ4n) is 4.68. The predicted molar refractivity (Wildman–Crippen MR) is 99.4 cm³/mol. The molecular weight excluding hydrogens is 300 g/mol. The molecule has 3 aliphatic rings. The normalized spacial score (nSPS) is 36.9. The molecule has 3 rings (SSSR count). The van der Waals surface area contributed by atoms with Crippen LogP contribution in [0.2, 0.25) is 0 Å². The Kier molecular flexibility index (Phi) is 5.12. The monoisotopic (exact) mass is 336 g/mol. The lowest BCUT2D eigenvalue weighted by molar-refractivity contribution is -0.176. The molecule has 1 aliphatic carbocycles. The van der Waals surface area contributed by atoms with Crippen LogP contribution < -0.4 is 5.32 Å². The molecule has 3 unspecified atom stereocenters. The number of ether oxygens (including phenoxy) is 1. The van der Waals surface area contributed by atoms with Crippen LogP contribution in [0.15, 0.2) is 4.99 Å². The number of nitrogens with zero attached hydrogens (tertiary/aromatic N) is 3. The second kappa shape index (κ2) is 6.83. The highest BCUT2D eigenvalue weighted by Gasteiger charge is 2.58. The van der Waals surface area contributed by atoms with Crippen LogP contribution in [0, 0.1) is 11.3 Å². The first-order valence-corrected chi connectivity index (χ1v) is 9.65. The maximum atomic E-state index is 5.75. The molecule has 138 valence electrons.